The highest BCUT2D eigenvalue weighted by molar-refractivity contribution is 5.89. The molecule has 6 nitrogen and oxygen atoms in total. The molecule has 25 heavy (non-hydrogen) atoms. The molecule has 0 spiro atoms. The fourth-order valence-electron chi connectivity index (χ4n) is 3.65. The molecule has 2 aliphatic rings. The van der Waals surface area contributed by atoms with Gasteiger partial charge in [-0.25, -0.2) is 4.79 Å². The Morgan fingerprint density at radius 2 is 2.04 bits per heavy atom. The van der Waals surface area contributed by atoms with E-state index >= 15 is 0 Å². The topological polar surface area (TPSA) is 70.4 Å². The lowest BCUT2D eigenvalue weighted by Crippen LogP contribution is -2.49. The van der Waals surface area contributed by atoms with E-state index in [0.717, 1.165) is 24.8 Å². The highest BCUT2D eigenvalue weighted by Crippen LogP contribution is 2.33. The van der Waals surface area contributed by atoms with E-state index in [0.29, 0.717) is 31.2 Å². The summed E-state index contributed by atoms with van der Waals surface area (Å²) in [6, 6.07) is 9.90. The first-order valence-electron chi connectivity index (χ1n) is 9.02. The van der Waals surface area contributed by atoms with E-state index in [1.165, 1.54) is 6.42 Å². The first-order chi connectivity index (χ1) is 12.1. The molecule has 0 bridgehead atoms. The van der Waals surface area contributed by atoms with Crippen LogP contribution in [0.3, 0.4) is 0 Å². The number of carbonyl (C=O) groups excluding carboxylic acids is 1. The van der Waals surface area contributed by atoms with E-state index in [2.05, 4.69) is 10.4 Å². The van der Waals surface area contributed by atoms with Crippen molar-refractivity contribution in [2.75, 3.05) is 18.4 Å². The molecule has 1 aliphatic heterocycles. The normalized spacial score (nSPS) is 24.0. The van der Waals surface area contributed by atoms with Gasteiger partial charge < -0.3 is 15.3 Å². The van der Waals surface area contributed by atoms with Gasteiger partial charge in [0, 0.05) is 12.7 Å². The zero-order chi connectivity index (χ0) is 17.3. The van der Waals surface area contributed by atoms with E-state index in [-0.39, 0.29) is 6.03 Å². The zero-order valence-corrected chi connectivity index (χ0v) is 14.3. The molecule has 2 heterocycles. The molecule has 2 fully saturated rings. The summed E-state index contributed by atoms with van der Waals surface area (Å²) in [6.07, 6.45) is 8.61. The van der Waals surface area contributed by atoms with E-state index in [4.69, 9.17) is 0 Å². The summed E-state index contributed by atoms with van der Waals surface area (Å²) in [6.45, 7) is 0.956. The van der Waals surface area contributed by atoms with Crippen molar-refractivity contribution >= 4 is 11.7 Å². The number of anilines is 1. The Balaban J connectivity index is 1.42. The fourth-order valence-corrected chi connectivity index (χ4v) is 3.65. The smallest absolute Gasteiger partial charge is 0.322 e. The Kier molecular flexibility index (Phi) is 4.21. The van der Waals surface area contributed by atoms with Gasteiger partial charge in [0.2, 0.25) is 0 Å². The summed E-state index contributed by atoms with van der Waals surface area (Å²) in [5, 5.41) is 18.3. The van der Waals surface area contributed by atoms with E-state index in [9.17, 15) is 9.90 Å². The van der Waals surface area contributed by atoms with Gasteiger partial charge >= 0.3 is 6.03 Å². The van der Waals surface area contributed by atoms with Gasteiger partial charge in [0.05, 0.1) is 24.5 Å². The minimum atomic E-state index is -0.979. The second-order valence-electron chi connectivity index (χ2n) is 7.15. The summed E-state index contributed by atoms with van der Waals surface area (Å²) in [4.78, 5) is 14.3. The summed E-state index contributed by atoms with van der Waals surface area (Å²) >= 11 is 0. The molecular formula is C19H24N4O2. The number of urea groups is 1. The number of benzene rings is 1. The van der Waals surface area contributed by atoms with Crippen LogP contribution < -0.4 is 5.32 Å². The Labute approximate surface area is 147 Å². The van der Waals surface area contributed by atoms with Crippen LogP contribution >= 0.6 is 0 Å². The first-order valence-corrected chi connectivity index (χ1v) is 9.02. The van der Waals surface area contributed by atoms with Gasteiger partial charge in [0.15, 0.2) is 0 Å². The predicted octanol–water partition coefficient (Wildman–Crippen LogP) is 3.12. The van der Waals surface area contributed by atoms with Gasteiger partial charge in [-0.15, -0.1) is 0 Å². The lowest BCUT2D eigenvalue weighted by Gasteiger charge is -2.39. The molecule has 2 amide bonds. The van der Waals surface area contributed by atoms with E-state index < -0.39 is 5.60 Å². The maximum absolute atomic E-state index is 12.6. The number of amides is 2. The third kappa shape index (κ3) is 3.26. The zero-order valence-electron chi connectivity index (χ0n) is 14.3. The van der Waals surface area contributed by atoms with Crippen LogP contribution in [-0.2, 0) is 5.60 Å². The first kappa shape index (κ1) is 16.1. The molecule has 1 aromatic heterocycles. The largest absolute Gasteiger partial charge is 0.383 e. The maximum atomic E-state index is 12.6. The average molecular weight is 340 g/mol. The Morgan fingerprint density at radius 3 is 2.76 bits per heavy atom. The highest BCUT2D eigenvalue weighted by Gasteiger charge is 2.36. The average Bonchev–Trinajstić information content (AvgIpc) is 3.02. The number of hydrogen-bond acceptors (Lipinski definition) is 3. The molecule has 6 heteroatoms. The number of aliphatic hydroxyl groups is 1. The van der Waals surface area contributed by atoms with Crippen molar-refractivity contribution in [2.24, 2.45) is 0 Å². The molecule has 1 aliphatic carbocycles. The lowest BCUT2D eigenvalue weighted by atomic mass is 9.86. The molecule has 1 atom stereocenters. The van der Waals surface area contributed by atoms with Crippen LogP contribution in [-0.4, -0.2) is 38.9 Å². The molecule has 2 N–H and O–H groups in total. The Hall–Kier alpha value is -2.34. The number of likely N-dealkylation sites (tertiary alicyclic amines) is 1. The quantitative estimate of drug-likeness (QED) is 0.902. The van der Waals surface area contributed by atoms with Gasteiger partial charge in [-0.2, -0.15) is 5.10 Å². The van der Waals surface area contributed by atoms with Crippen molar-refractivity contribution in [1.29, 1.82) is 0 Å². The van der Waals surface area contributed by atoms with Crippen molar-refractivity contribution in [1.82, 2.24) is 14.7 Å². The molecule has 2 aromatic rings. The van der Waals surface area contributed by atoms with Gasteiger partial charge in [-0.3, -0.25) is 4.68 Å². The summed E-state index contributed by atoms with van der Waals surface area (Å²) in [7, 11) is 0. The van der Waals surface area contributed by atoms with Crippen LogP contribution in [0.5, 0.6) is 0 Å². The number of nitrogens with zero attached hydrogens (tertiary/aromatic N) is 3. The van der Waals surface area contributed by atoms with Crippen LogP contribution in [0.4, 0.5) is 10.5 Å². The standard InChI is InChI=1S/C19H24N4O2/c24-18(21-16-12-20-23(13-16)17-8-4-9-17)22-11-5-10-19(25,14-22)15-6-2-1-3-7-15/h1-3,6-7,12-13,17,25H,4-5,8-11,14H2,(H,21,24). The number of carbonyl (C=O) groups is 1. The molecule has 1 saturated carbocycles. The summed E-state index contributed by atoms with van der Waals surface area (Å²) in [5.41, 5.74) is 0.600. The summed E-state index contributed by atoms with van der Waals surface area (Å²) < 4.78 is 1.94. The number of nitrogens with one attached hydrogen (secondary N) is 1. The minimum Gasteiger partial charge on any atom is -0.383 e. The molecule has 132 valence electrons. The van der Waals surface area contributed by atoms with Crippen LogP contribution in [0.2, 0.25) is 0 Å². The van der Waals surface area contributed by atoms with Crippen molar-refractivity contribution in [2.45, 2.75) is 43.7 Å². The van der Waals surface area contributed by atoms with Gasteiger partial charge in [-0.05, 0) is 37.7 Å². The number of hydrogen-bond donors (Lipinski definition) is 2. The molecule has 0 radical (unpaired) electrons. The minimum absolute atomic E-state index is 0.179. The van der Waals surface area contributed by atoms with Crippen molar-refractivity contribution < 1.29 is 9.90 Å². The van der Waals surface area contributed by atoms with Crippen LogP contribution in [0.25, 0.3) is 0 Å². The Morgan fingerprint density at radius 1 is 1.24 bits per heavy atom. The van der Waals surface area contributed by atoms with Gasteiger partial charge in [-0.1, -0.05) is 30.3 Å². The fraction of sp³-hybridized carbons (Fsp3) is 0.474. The predicted molar refractivity (Wildman–Crippen MR) is 95.3 cm³/mol. The van der Waals surface area contributed by atoms with Gasteiger partial charge in [0.1, 0.15) is 5.60 Å². The van der Waals surface area contributed by atoms with Crippen LogP contribution in [0, 0.1) is 0 Å². The number of aromatic nitrogens is 2. The van der Waals surface area contributed by atoms with Crippen LogP contribution in [0.15, 0.2) is 42.7 Å². The Bertz CT molecular complexity index is 741. The second kappa shape index (κ2) is 6.52. The van der Waals surface area contributed by atoms with Crippen molar-refractivity contribution in [3.63, 3.8) is 0 Å². The lowest BCUT2D eigenvalue weighted by molar-refractivity contribution is -0.0214. The van der Waals surface area contributed by atoms with Crippen molar-refractivity contribution in [3.8, 4) is 0 Å². The molecule has 1 aromatic carbocycles. The number of piperidine rings is 1. The second-order valence-corrected chi connectivity index (χ2v) is 7.15. The van der Waals surface area contributed by atoms with E-state index in [1.54, 1.807) is 11.1 Å². The molecule has 1 unspecified atom stereocenters. The number of rotatable bonds is 3. The summed E-state index contributed by atoms with van der Waals surface area (Å²) in [5.74, 6) is 0. The van der Waals surface area contributed by atoms with Crippen LogP contribution in [0.1, 0.15) is 43.7 Å². The third-order valence-electron chi connectivity index (χ3n) is 5.37. The molecule has 1 saturated heterocycles. The highest BCUT2D eigenvalue weighted by atomic mass is 16.3. The SMILES string of the molecule is O=C(Nc1cnn(C2CCC2)c1)N1CCCC(O)(c2ccccc2)C1. The monoisotopic (exact) mass is 340 g/mol. The molecule has 4 rings (SSSR count). The maximum Gasteiger partial charge on any atom is 0.322 e. The number of β-amino-alcohol motifs (C(OH)–C–C–N with tert-alkyl or cyclic N) is 1. The molecular weight excluding hydrogens is 316 g/mol. The third-order valence-corrected chi connectivity index (χ3v) is 5.37. The van der Waals surface area contributed by atoms with Gasteiger partial charge in [0.25, 0.3) is 0 Å². The van der Waals surface area contributed by atoms with Crippen molar-refractivity contribution in [3.05, 3.63) is 48.3 Å². The van der Waals surface area contributed by atoms with E-state index in [1.807, 2.05) is 41.2 Å².